The van der Waals surface area contributed by atoms with Gasteiger partial charge in [0.25, 0.3) is 0 Å². The lowest BCUT2D eigenvalue weighted by Gasteiger charge is -2.27. The Morgan fingerprint density at radius 3 is 1.80 bits per heavy atom. The Morgan fingerprint density at radius 2 is 1.32 bits per heavy atom. The number of benzene rings is 1. The summed E-state index contributed by atoms with van der Waals surface area (Å²) >= 11 is 0. The lowest BCUT2D eigenvalue weighted by Crippen LogP contribution is -2.61. The molecule has 222 valence electrons. The molecule has 0 saturated carbocycles. The molecule has 0 fully saturated rings. The number of rotatable bonds is 16. The number of aromatic hydroxyl groups is 1. The number of amides is 5. The lowest BCUT2D eigenvalue weighted by molar-refractivity contribution is -0.142. The fourth-order valence-corrected chi connectivity index (χ4v) is 3.48. The van der Waals surface area contributed by atoms with Crippen molar-refractivity contribution in [1.29, 1.82) is 0 Å². The van der Waals surface area contributed by atoms with E-state index in [-0.39, 0.29) is 25.0 Å². The molecule has 5 amide bonds. The third-order valence-electron chi connectivity index (χ3n) is 5.91. The van der Waals surface area contributed by atoms with Crippen LogP contribution in [-0.2, 0) is 35.2 Å². The van der Waals surface area contributed by atoms with Gasteiger partial charge >= 0.3 is 5.97 Å². The van der Waals surface area contributed by atoms with Crippen LogP contribution in [0.2, 0.25) is 0 Å². The number of aliphatic carboxylic acids is 1. The number of aliphatic hydroxyl groups is 1. The summed E-state index contributed by atoms with van der Waals surface area (Å²) in [6, 6.07) is -1.08. The zero-order valence-corrected chi connectivity index (χ0v) is 22.5. The molecule has 15 nitrogen and oxygen atoms in total. The van der Waals surface area contributed by atoms with E-state index in [2.05, 4.69) is 21.3 Å². The van der Waals surface area contributed by atoms with Gasteiger partial charge in [-0.2, -0.15) is 0 Å². The first-order valence-corrected chi connectivity index (χ1v) is 12.6. The molecule has 6 atom stereocenters. The Balaban J connectivity index is 3.21. The molecule has 0 aromatic heterocycles. The first kappa shape index (κ1) is 33.8. The van der Waals surface area contributed by atoms with Crippen LogP contribution in [0.1, 0.15) is 45.6 Å². The summed E-state index contributed by atoms with van der Waals surface area (Å²) in [7, 11) is 0. The maximum absolute atomic E-state index is 13.2. The Hall–Kier alpha value is -4.24. The summed E-state index contributed by atoms with van der Waals surface area (Å²) in [5.41, 5.74) is 11.4. The van der Waals surface area contributed by atoms with E-state index in [4.69, 9.17) is 11.5 Å². The Labute approximate surface area is 231 Å². The van der Waals surface area contributed by atoms with Crippen molar-refractivity contribution in [3.05, 3.63) is 29.8 Å². The molecule has 1 rings (SSSR count). The SMILES string of the molecule is CCC(N)C(=O)NC(C(=O)NC(CC(N)=O)C(=O)NC(Cc1ccc(O)cc1)C(=O)NC(CC)C(=O)O)C(C)O. The fraction of sp³-hybridized carbons (Fsp3) is 0.520. The molecule has 1 aromatic rings. The van der Waals surface area contributed by atoms with Crippen molar-refractivity contribution in [2.24, 2.45) is 11.5 Å². The third-order valence-corrected chi connectivity index (χ3v) is 5.91. The molecule has 15 heteroatoms. The molecule has 6 unspecified atom stereocenters. The molecule has 0 aliphatic heterocycles. The van der Waals surface area contributed by atoms with Crippen molar-refractivity contribution in [3.63, 3.8) is 0 Å². The van der Waals surface area contributed by atoms with Crippen molar-refractivity contribution in [2.45, 2.75) is 82.8 Å². The van der Waals surface area contributed by atoms with Crippen molar-refractivity contribution >= 4 is 35.5 Å². The van der Waals surface area contributed by atoms with Crippen molar-refractivity contribution in [3.8, 4) is 5.75 Å². The number of phenols is 1. The fourth-order valence-electron chi connectivity index (χ4n) is 3.48. The molecule has 40 heavy (non-hydrogen) atoms. The summed E-state index contributed by atoms with van der Waals surface area (Å²) in [5, 5.41) is 38.1. The van der Waals surface area contributed by atoms with Crippen LogP contribution in [0.25, 0.3) is 0 Å². The highest BCUT2D eigenvalue weighted by Crippen LogP contribution is 2.12. The lowest BCUT2D eigenvalue weighted by atomic mass is 10.0. The minimum Gasteiger partial charge on any atom is -0.508 e. The third kappa shape index (κ3) is 10.9. The van der Waals surface area contributed by atoms with Crippen LogP contribution in [0, 0.1) is 0 Å². The molecule has 0 heterocycles. The second-order valence-corrected chi connectivity index (χ2v) is 9.21. The molecule has 0 radical (unpaired) electrons. The van der Waals surface area contributed by atoms with Gasteiger partial charge in [-0.1, -0.05) is 26.0 Å². The van der Waals surface area contributed by atoms with Crippen molar-refractivity contribution in [1.82, 2.24) is 21.3 Å². The minimum atomic E-state index is -1.63. The summed E-state index contributed by atoms with van der Waals surface area (Å²) < 4.78 is 0. The van der Waals surface area contributed by atoms with Gasteiger partial charge in [-0.3, -0.25) is 24.0 Å². The Kier molecular flexibility index (Phi) is 13.5. The molecular formula is C25H38N6O9. The van der Waals surface area contributed by atoms with E-state index in [0.29, 0.717) is 5.56 Å². The summed E-state index contributed by atoms with van der Waals surface area (Å²) in [6.07, 6.45) is -1.97. The molecule has 0 spiro atoms. The van der Waals surface area contributed by atoms with Gasteiger partial charge in [0.15, 0.2) is 0 Å². The van der Waals surface area contributed by atoms with Crippen LogP contribution >= 0.6 is 0 Å². The van der Waals surface area contributed by atoms with Gasteiger partial charge in [-0.15, -0.1) is 0 Å². The molecule has 0 saturated heterocycles. The summed E-state index contributed by atoms with van der Waals surface area (Å²) in [4.78, 5) is 74.4. The van der Waals surface area contributed by atoms with Crippen LogP contribution in [0.4, 0.5) is 0 Å². The van der Waals surface area contributed by atoms with Crippen molar-refractivity contribution in [2.75, 3.05) is 0 Å². The van der Waals surface area contributed by atoms with E-state index < -0.39 is 78.2 Å². The van der Waals surface area contributed by atoms with E-state index >= 15 is 0 Å². The Morgan fingerprint density at radius 1 is 0.800 bits per heavy atom. The number of hydrogen-bond acceptors (Lipinski definition) is 9. The smallest absolute Gasteiger partial charge is 0.326 e. The summed E-state index contributed by atoms with van der Waals surface area (Å²) in [6.45, 7) is 4.39. The van der Waals surface area contributed by atoms with Crippen LogP contribution in [0.15, 0.2) is 24.3 Å². The zero-order chi connectivity index (χ0) is 30.6. The molecule has 0 bridgehead atoms. The molecule has 0 aliphatic rings. The van der Waals surface area contributed by atoms with Crippen LogP contribution in [0.5, 0.6) is 5.75 Å². The highest BCUT2D eigenvalue weighted by atomic mass is 16.4. The molecule has 11 N–H and O–H groups in total. The highest BCUT2D eigenvalue weighted by Gasteiger charge is 2.33. The average molecular weight is 567 g/mol. The van der Waals surface area contributed by atoms with Crippen LogP contribution < -0.4 is 32.7 Å². The second-order valence-electron chi connectivity index (χ2n) is 9.21. The van der Waals surface area contributed by atoms with E-state index in [9.17, 15) is 44.1 Å². The van der Waals surface area contributed by atoms with E-state index in [1.807, 2.05) is 0 Å². The maximum Gasteiger partial charge on any atom is 0.326 e. The second kappa shape index (κ2) is 16.0. The maximum atomic E-state index is 13.2. The number of phenolic OH excluding ortho intramolecular Hbond substituents is 1. The van der Waals surface area contributed by atoms with E-state index in [1.165, 1.54) is 38.1 Å². The highest BCUT2D eigenvalue weighted by molar-refractivity contribution is 5.97. The number of nitrogens with two attached hydrogens (primary N) is 2. The zero-order valence-electron chi connectivity index (χ0n) is 22.5. The average Bonchev–Trinajstić information content (AvgIpc) is 2.88. The quantitative estimate of drug-likeness (QED) is 0.100. The molecule has 0 aliphatic carbocycles. The largest absolute Gasteiger partial charge is 0.508 e. The normalized spacial score (nSPS) is 15.3. The standard InChI is InChI=1S/C25H38N6O9/c1-4-15(26)21(35)31-20(12(3)32)24(38)30-18(11-19(27)34)23(37)29-17(10-13-6-8-14(33)9-7-13)22(36)28-16(5-2)25(39)40/h6-9,12,15-18,20,32-33H,4-5,10-11,26H2,1-3H3,(H2,27,34)(H,28,36)(H,29,37)(H,30,38)(H,31,35)(H,39,40). The van der Waals surface area contributed by atoms with E-state index in [1.54, 1.807) is 6.92 Å². The summed E-state index contributed by atoms with van der Waals surface area (Å²) in [5.74, 6) is -5.95. The number of nitrogens with one attached hydrogen (secondary N) is 4. The van der Waals surface area contributed by atoms with Crippen LogP contribution in [-0.4, -0.2) is 87.1 Å². The number of aliphatic hydroxyl groups excluding tert-OH is 1. The number of primary amides is 1. The van der Waals surface area contributed by atoms with Gasteiger partial charge < -0.3 is 48.1 Å². The number of carboxylic acids is 1. The number of carboxylic acid groups (broad SMARTS) is 1. The van der Waals surface area contributed by atoms with Crippen molar-refractivity contribution < 1.29 is 44.1 Å². The Bertz CT molecular complexity index is 1060. The predicted octanol–water partition coefficient (Wildman–Crippen LogP) is -2.64. The minimum absolute atomic E-state index is 0.0467. The number of carbonyl (C=O) groups is 6. The van der Waals surface area contributed by atoms with Gasteiger partial charge in [0.05, 0.1) is 18.6 Å². The van der Waals surface area contributed by atoms with Gasteiger partial charge in [0.1, 0.15) is 29.9 Å². The molecule has 1 aromatic carbocycles. The van der Waals surface area contributed by atoms with Gasteiger partial charge in [0.2, 0.25) is 29.5 Å². The topological polar surface area (TPSA) is 263 Å². The van der Waals surface area contributed by atoms with Crippen LogP contribution in [0.3, 0.4) is 0 Å². The number of hydrogen-bond donors (Lipinski definition) is 9. The van der Waals surface area contributed by atoms with Gasteiger partial charge in [-0.05, 0) is 37.5 Å². The van der Waals surface area contributed by atoms with Gasteiger partial charge in [0, 0.05) is 6.42 Å². The number of carbonyl (C=O) groups excluding carboxylic acids is 5. The predicted molar refractivity (Wildman–Crippen MR) is 141 cm³/mol. The first-order valence-electron chi connectivity index (χ1n) is 12.6. The first-order chi connectivity index (χ1) is 18.7. The van der Waals surface area contributed by atoms with Gasteiger partial charge in [-0.25, -0.2) is 4.79 Å². The monoisotopic (exact) mass is 566 g/mol. The van der Waals surface area contributed by atoms with E-state index in [0.717, 1.165) is 0 Å². The molecular weight excluding hydrogens is 528 g/mol.